The van der Waals surface area contributed by atoms with Crippen molar-refractivity contribution in [1.82, 2.24) is 0 Å². The molecule has 72 valence electrons. The Morgan fingerprint density at radius 2 is 2.31 bits per heavy atom. The minimum Gasteiger partial charge on any atom is -0.480 e. The summed E-state index contributed by atoms with van der Waals surface area (Å²) in [6.07, 6.45) is 2.05. The van der Waals surface area contributed by atoms with Crippen molar-refractivity contribution in [2.45, 2.75) is 12.8 Å². The monoisotopic (exact) mass is 248 g/mol. The molecule has 0 saturated carbocycles. The third-order valence-electron chi connectivity index (χ3n) is 2.13. The SMILES string of the molecule is COC(=O)C1(C(=O)O)CC=C(Br)C1. The van der Waals surface area contributed by atoms with Gasteiger partial charge in [0.25, 0.3) is 0 Å². The fourth-order valence-electron chi connectivity index (χ4n) is 1.32. The molecule has 1 unspecified atom stereocenters. The third-order valence-corrected chi connectivity index (χ3v) is 2.73. The van der Waals surface area contributed by atoms with Crippen LogP contribution in [-0.2, 0) is 14.3 Å². The number of ether oxygens (including phenoxy) is 1. The van der Waals surface area contributed by atoms with Crippen molar-refractivity contribution in [2.75, 3.05) is 7.11 Å². The van der Waals surface area contributed by atoms with E-state index in [1.165, 1.54) is 7.11 Å². The maximum Gasteiger partial charge on any atom is 0.323 e. The summed E-state index contributed by atoms with van der Waals surface area (Å²) in [6, 6.07) is 0. The molecule has 0 heterocycles. The van der Waals surface area contributed by atoms with E-state index in [0.717, 1.165) is 4.48 Å². The van der Waals surface area contributed by atoms with Gasteiger partial charge in [0, 0.05) is 6.42 Å². The molecule has 0 aliphatic heterocycles. The molecule has 0 amide bonds. The van der Waals surface area contributed by atoms with Crippen molar-refractivity contribution in [1.29, 1.82) is 0 Å². The largest absolute Gasteiger partial charge is 0.480 e. The molecule has 0 spiro atoms. The van der Waals surface area contributed by atoms with Crippen LogP contribution in [0.25, 0.3) is 0 Å². The van der Waals surface area contributed by atoms with Crippen molar-refractivity contribution in [3.05, 3.63) is 10.6 Å². The van der Waals surface area contributed by atoms with E-state index in [1.807, 2.05) is 0 Å². The molecule has 1 aliphatic carbocycles. The minimum atomic E-state index is -1.41. The lowest BCUT2D eigenvalue weighted by atomic mass is 9.86. The summed E-state index contributed by atoms with van der Waals surface area (Å²) in [5.41, 5.74) is -1.41. The molecule has 4 nitrogen and oxygen atoms in total. The third kappa shape index (κ3) is 1.60. The van der Waals surface area contributed by atoms with Crippen molar-refractivity contribution in [2.24, 2.45) is 5.41 Å². The number of esters is 1. The molecule has 0 aromatic carbocycles. The van der Waals surface area contributed by atoms with E-state index in [2.05, 4.69) is 20.7 Å². The van der Waals surface area contributed by atoms with Crippen molar-refractivity contribution >= 4 is 27.9 Å². The van der Waals surface area contributed by atoms with Crippen LogP contribution < -0.4 is 0 Å². The average Bonchev–Trinajstić information content (AvgIpc) is 2.47. The quantitative estimate of drug-likeness (QED) is 0.591. The smallest absolute Gasteiger partial charge is 0.323 e. The number of carbonyl (C=O) groups excluding carboxylic acids is 1. The molecule has 1 atom stereocenters. The van der Waals surface area contributed by atoms with E-state index >= 15 is 0 Å². The Hall–Kier alpha value is -0.840. The van der Waals surface area contributed by atoms with E-state index < -0.39 is 17.4 Å². The van der Waals surface area contributed by atoms with Crippen molar-refractivity contribution < 1.29 is 19.4 Å². The number of hydrogen-bond donors (Lipinski definition) is 1. The number of carboxylic acids is 1. The summed E-state index contributed by atoms with van der Waals surface area (Å²) >= 11 is 3.17. The molecular formula is C8H9BrO4. The molecule has 0 bridgehead atoms. The number of rotatable bonds is 2. The second kappa shape index (κ2) is 3.49. The topological polar surface area (TPSA) is 63.6 Å². The van der Waals surface area contributed by atoms with Crippen LogP contribution >= 0.6 is 15.9 Å². The highest BCUT2D eigenvalue weighted by Gasteiger charge is 2.49. The Morgan fingerprint density at radius 3 is 2.62 bits per heavy atom. The zero-order valence-electron chi connectivity index (χ0n) is 7.04. The van der Waals surface area contributed by atoms with Crippen LogP contribution in [0.15, 0.2) is 10.6 Å². The zero-order valence-corrected chi connectivity index (χ0v) is 8.63. The predicted octanol–water partition coefficient (Wildman–Crippen LogP) is 1.30. The van der Waals surface area contributed by atoms with Gasteiger partial charge in [-0.3, -0.25) is 9.59 Å². The Balaban J connectivity index is 2.93. The van der Waals surface area contributed by atoms with Gasteiger partial charge in [-0.2, -0.15) is 0 Å². The Bertz CT molecular complexity index is 284. The van der Waals surface area contributed by atoms with Crippen LogP contribution in [0.4, 0.5) is 0 Å². The maximum absolute atomic E-state index is 11.3. The number of methoxy groups -OCH3 is 1. The maximum atomic E-state index is 11.3. The molecule has 1 N–H and O–H groups in total. The second-order valence-corrected chi connectivity index (χ2v) is 3.93. The lowest BCUT2D eigenvalue weighted by Gasteiger charge is -2.20. The number of hydrogen-bond acceptors (Lipinski definition) is 3. The fourth-order valence-corrected chi connectivity index (χ4v) is 1.96. The summed E-state index contributed by atoms with van der Waals surface area (Å²) in [6.45, 7) is 0. The number of allylic oxidation sites excluding steroid dienone is 2. The van der Waals surface area contributed by atoms with Crippen molar-refractivity contribution in [3.8, 4) is 0 Å². The Kier molecular flexibility index (Phi) is 2.75. The zero-order chi connectivity index (χ0) is 10.1. The van der Waals surface area contributed by atoms with E-state index in [0.29, 0.717) is 0 Å². The molecule has 1 rings (SSSR count). The second-order valence-electron chi connectivity index (χ2n) is 2.91. The number of halogens is 1. The van der Waals surface area contributed by atoms with Gasteiger partial charge in [0.05, 0.1) is 7.11 Å². The van der Waals surface area contributed by atoms with E-state index in [4.69, 9.17) is 5.11 Å². The van der Waals surface area contributed by atoms with Crippen molar-refractivity contribution in [3.63, 3.8) is 0 Å². The predicted molar refractivity (Wildman–Crippen MR) is 48.3 cm³/mol. The minimum absolute atomic E-state index is 0.176. The Morgan fingerprint density at radius 1 is 1.69 bits per heavy atom. The lowest BCUT2D eigenvalue weighted by Crippen LogP contribution is -2.38. The first-order chi connectivity index (χ1) is 6.03. The van der Waals surface area contributed by atoms with Crippen LogP contribution in [0.5, 0.6) is 0 Å². The number of carboxylic acid groups (broad SMARTS) is 1. The van der Waals surface area contributed by atoms with Crippen LogP contribution in [0.2, 0.25) is 0 Å². The fraction of sp³-hybridized carbons (Fsp3) is 0.500. The summed E-state index contributed by atoms with van der Waals surface area (Å²) in [4.78, 5) is 22.2. The highest BCUT2D eigenvalue weighted by Crippen LogP contribution is 2.41. The molecule has 0 aromatic rings. The average molecular weight is 249 g/mol. The van der Waals surface area contributed by atoms with Gasteiger partial charge in [-0.05, 0) is 10.9 Å². The molecular weight excluding hydrogens is 240 g/mol. The van der Waals surface area contributed by atoms with Gasteiger partial charge in [-0.15, -0.1) is 0 Å². The normalized spacial score (nSPS) is 26.8. The number of carbonyl (C=O) groups is 2. The highest BCUT2D eigenvalue weighted by molar-refractivity contribution is 9.11. The molecule has 0 aromatic heterocycles. The van der Waals surface area contributed by atoms with Crippen LogP contribution in [-0.4, -0.2) is 24.2 Å². The van der Waals surface area contributed by atoms with Gasteiger partial charge < -0.3 is 9.84 Å². The van der Waals surface area contributed by atoms with Gasteiger partial charge in [-0.1, -0.05) is 22.0 Å². The van der Waals surface area contributed by atoms with E-state index in [1.54, 1.807) is 6.08 Å². The molecule has 13 heavy (non-hydrogen) atoms. The highest BCUT2D eigenvalue weighted by atomic mass is 79.9. The van der Waals surface area contributed by atoms with Gasteiger partial charge in [0.15, 0.2) is 5.41 Å². The summed E-state index contributed by atoms with van der Waals surface area (Å²) < 4.78 is 5.21. The Labute approximate surface area is 83.7 Å². The molecule has 5 heteroatoms. The summed E-state index contributed by atoms with van der Waals surface area (Å²) in [5.74, 6) is -1.82. The number of aliphatic carboxylic acids is 1. The van der Waals surface area contributed by atoms with Crippen LogP contribution in [0.3, 0.4) is 0 Å². The molecule has 0 radical (unpaired) electrons. The lowest BCUT2D eigenvalue weighted by molar-refractivity contribution is -0.166. The summed E-state index contributed by atoms with van der Waals surface area (Å²) in [5, 5.41) is 8.93. The van der Waals surface area contributed by atoms with E-state index in [9.17, 15) is 9.59 Å². The van der Waals surface area contributed by atoms with Crippen LogP contribution in [0, 0.1) is 5.41 Å². The molecule has 0 saturated heterocycles. The first-order valence-electron chi connectivity index (χ1n) is 3.69. The molecule has 1 aliphatic rings. The first-order valence-corrected chi connectivity index (χ1v) is 4.48. The van der Waals surface area contributed by atoms with Gasteiger partial charge in [-0.25, -0.2) is 0 Å². The first kappa shape index (κ1) is 10.2. The van der Waals surface area contributed by atoms with Gasteiger partial charge >= 0.3 is 11.9 Å². The van der Waals surface area contributed by atoms with Gasteiger partial charge in [0.1, 0.15) is 0 Å². The van der Waals surface area contributed by atoms with E-state index in [-0.39, 0.29) is 12.8 Å². The summed E-state index contributed by atoms with van der Waals surface area (Å²) in [7, 11) is 1.19. The van der Waals surface area contributed by atoms with Crippen LogP contribution in [0.1, 0.15) is 12.8 Å². The van der Waals surface area contributed by atoms with Gasteiger partial charge in [0.2, 0.25) is 0 Å². The standard InChI is InChI=1S/C8H9BrO4/c1-13-7(12)8(6(10)11)3-2-5(9)4-8/h2H,3-4H2,1H3,(H,10,11). The molecule has 0 fully saturated rings.